The number of rotatable bonds is 4. The maximum Gasteiger partial charge on any atom is 0.00412 e. The summed E-state index contributed by atoms with van der Waals surface area (Å²) in [5, 5.41) is 3.54. The molecule has 0 saturated heterocycles. The lowest BCUT2D eigenvalue weighted by molar-refractivity contribution is -0.165. The van der Waals surface area contributed by atoms with Gasteiger partial charge in [-0.1, -0.05) is 44.2 Å². The second kappa shape index (κ2) is 5.09. The van der Waals surface area contributed by atoms with Crippen molar-refractivity contribution >= 4 is 0 Å². The van der Waals surface area contributed by atoms with E-state index in [-0.39, 0.29) is 0 Å². The van der Waals surface area contributed by atoms with Gasteiger partial charge in [0.05, 0.1) is 0 Å². The van der Waals surface area contributed by atoms with Crippen LogP contribution in [-0.4, -0.2) is 13.1 Å². The van der Waals surface area contributed by atoms with E-state index in [9.17, 15) is 0 Å². The number of hydrogen-bond donors (Lipinski definition) is 1. The summed E-state index contributed by atoms with van der Waals surface area (Å²) < 4.78 is 0. The molecule has 1 aromatic rings. The standard InChI is InChI=1S/C22H33N/c1-16(23-4)10-22-14-20(2)11-18(12-21(3,13-20)15-22)19(22)17-8-6-5-7-9-17/h5-9,16,18-19,23H,10-15H2,1-4H3. The molecule has 23 heavy (non-hydrogen) atoms. The molecule has 4 saturated carbocycles. The lowest BCUT2D eigenvalue weighted by Gasteiger charge is -2.69. The Labute approximate surface area is 142 Å². The first-order valence-corrected chi connectivity index (χ1v) is 9.59. The van der Waals surface area contributed by atoms with Crippen molar-refractivity contribution in [2.24, 2.45) is 22.2 Å². The maximum atomic E-state index is 3.54. The van der Waals surface area contributed by atoms with Gasteiger partial charge in [-0.3, -0.25) is 0 Å². The van der Waals surface area contributed by atoms with E-state index in [4.69, 9.17) is 0 Å². The first-order valence-electron chi connectivity index (χ1n) is 9.59. The van der Waals surface area contributed by atoms with Crippen LogP contribution in [0.5, 0.6) is 0 Å². The fourth-order valence-corrected chi connectivity index (χ4v) is 7.77. The Kier molecular flexibility index (Phi) is 3.47. The second-order valence-electron chi connectivity index (χ2n) is 9.96. The van der Waals surface area contributed by atoms with Crippen LogP contribution in [0.1, 0.15) is 70.8 Å². The molecule has 0 aromatic heterocycles. The quantitative estimate of drug-likeness (QED) is 0.787. The average Bonchev–Trinajstić information content (AvgIpc) is 2.44. The van der Waals surface area contributed by atoms with Crippen LogP contribution in [0, 0.1) is 22.2 Å². The third kappa shape index (κ3) is 2.47. The lowest BCUT2D eigenvalue weighted by atomic mass is 9.35. The van der Waals surface area contributed by atoms with Crippen molar-refractivity contribution in [3.8, 4) is 0 Å². The topological polar surface area (TPSA) is 12.0 Å². The molecular weight excluding hydrogens is 278 g/mol. The zero-order chi connectivity index (χ0) is 16.3. The third-order valence-electron chi connectivity index (χ3n) is 7.42. The van der Waals surface area contributed by atoms with Gasteiger partial charge in [0.15, 0.2) is 0 Å². The highest BCUT2D eigenvalue weighted by Gasteiger charge is 2.64. The molecule has 4 atom stereocenters. The molecule has 0 spiro atoms. The first-order chi connectivity index (χ1) is 10.9. The summed E-state index contributed by atoms with van der Waals surface area (Å²) in [5.74, 6) is 1.67. The Bertz CT molecular complexity index is 559. The van der Waals surface area contributed by atoms with Crippen LogP contribution in [0.4, 0.5) is 0 Å². The van der Waals surface area contributed by atoms with E-state index in [1.54, 1.807) is 5.56 Å². The molecule has 0 heterocycles. The van der Waals surface area contributed by atoms with Crippen molar-refractivity contribution in [1.29, 1.82) is 0 Å². The van der Waals surface area contributed by atoms with Gasteiger partial charge in [0.25, 0.3) is 0 Å². The highest BCUT2D eigenvalue weighted by molar-refractivity contribution is 5.29. The van der Waals surface area contributed by atoms with E-state index in [0.29, 0.717) is 22.3 Å². The normalized spacial score (nSPS) is 46.1. The van der Waals surface area contributed by atoms with Crippen molar-refractivity contribution in [1.82, 2.24) is 5.32 Å². The van der Waals surface area contributed by atoms with Gasteiger partial charge in [0.1, 0.15) is 0 Å². The van der Waals surface area contributed by atoms with Gasteiger partial charge in [-0.25, -0.2) is 0 Å². The molecule has 0 aliphatic heterocycles. The molecule has 1 nitrogen and oxygen atoms in total. The molecule has 4 aliphatic carbocycles. The molecule has 0 amide bonds. The smallest absolute Gasteiger partial charge is 0.00412 e. The number of hydrogen-bond acceptors (Lipinski definition) is 1. The third-order valence-corrected chi connectivity index (χ3v) is 7.42. The van der Waals surface area contributed by atoms with Crippen molar-refractivity contribution in [2.75, 3.05) is 7.05 Å². The van der Waals surface area contributed by atoms with Gasteiger partial charge in [-0.15, -0.1) is 0 Å². The van der Waals surface area contributed by atoms with E-state index < -0.39 is 0 Å². The van der Waals surface area contributed by atoms with Gasteiger partial charge in [-0.2, -0.15) is 0 Å². The molecule has 126 valence electrons. The minimum absolute atomic E-state index is 0.507. The highest BCUT2D eigenvalue weighted by atomic mass is 14.9. The van der Waals surface area contributed by atoms with E-state index in [2.05, 4.69) is 63.5 Å². The van der Waals surface area contributed by atoms with E-state index in [1.165, 1.54) is 38.5 Å². The Morgan fingerprint density at radius 3 is 2.22 bits per heavy atom. The van der Waals surface area contributed by atoms with Gasteiger partial charge in [0.2, 0.25) is 0 Å². The molecular formula is C22H33N. The molecule has 1 aromatic carbocycles. The zero-order valence-corrected chi connectivity index (χ0v) is 15.4. The van der Waals surface area contributed by atoms with Crippen LogP contribution in [0.3, 0.4) is 0 Å². The van der Waals surface area contributed by atoms with Gasteiger partial charge >= 0.3 is 0 Å². The van der Waals surface area contributed by atoms with Crippen LogP contribution < -0.4 is 5.32 Å². The molecule has 4 aliphatic rings. The molecule has 5 rings (SSSR count). The second-order valence-corrected chi connectivity index (χ2v) is 9.96. The SMILES string of the molecule is CNC(C)CC12CC3(C)CC(CC(C)(C3)C1)C2c1ccccc1. The van der Waals surface area contributed by atoms with E-state index in [1.807, 2.05) is 0 Å². The minimum atomic E-state index is 0.507. The largest absolute Gasteiger partial charge is 0.317 e. The summed E-state index contributed by atoms with van der Waals surface area (Å²) in [6.45, 7) is 7.57. The average molecular weight is 312 g/mol. The minimum Gasteiger partial charge on any atom is -0.317 e. The fourth-order valence-electron chi connectivity index (χ4n) is 7.77. The summed E-state index contributed by atoms with van der Waals surface area (Å²) in [6.07, 6.45) is 8.60. The van der Waals surface area contributed by atoms with Crippen molar-refractivity contribution in [2.45, 2.75) is 71.3 Å². The number of nitrogens with one attached hydrogen (secondary N) is 1. The van der Waals surface area contributed by atoms with Crippen LogP contribution >= 0.6 is 0 Å². The van der Waals surface area contributed by atoms with Crippen LogP contribution in [-0.2, 0) is 0 Å². The molecule has 4 fully saturated rings. The van der Waals surface area contributed by atoms with Crippen molar-refractivity contribution in [3.63, 3.8) is 0 Å². The summed E-state index contributed by atoms with van der Waals surface area (Å²) in [4.78, 5) is 0. The molecule has 1 N–H and O–H groups in total. The molecule has 1 heteroatoms. The van der Waals surface area contributed by atoms with E-state index >= 15 is 0 Å². The summed E-state index contributed by atoms with van der Waals surface area (Å²) in [5.41, 5.74) is 3.31. The summed E-state index contributed by atoms with van der Waals surface area (Å²) >= 11 is 0. The summed E-state index contributed by atoms with van der Waals surface area (Å²) in [7, 11) is 2.13. The summed E-state index contributed by atoms with van der Waals surface area (Å²) in [6, 6.07) is 12.1. The van der Waals surface area contributed by atoms with Crippen molar-refractivity contribution in [3.05, 3.63) is 35.9 Å². The Balaban J connectivity index is 1.79. The first kappa shape index (κ1) is 15.7. The Morgan fingerprint density at radius 1 is 1.04 bits per heavy atom. The molecule has 4 bridgehead atoms. The molecule has 0 radical (unpaired) electrons. The van der Waals surface area contributed by atoms with Crippen molar-refractivity contribution < 1.29 is 0 Å². The Morgan fingerprint density at radius 2 is 1.65 bits per heavy atom. The maximum absolute atomic E-state index is 3.54. The van der Waals surface area contributed by atoms with E-state index in [0.717, 1.165) is 11.8 Å². The fraction of sp³-hybridized carbons (Fsp3) is 0.727. The monoisotopic (exact) mass is 311 g/mol. The molecule has 4 unspecified atom stereocenters. The predicted molar refractivity (Wildman–Crippen MR) is 97.5 cm³/mol. The van der Waals surface area contributed by atoms with Crippen LogP contribution in [0.2, 0.25) is 0 Å². The van der Waals surface area contributed by atoms with Gasteiger partial charge in [-0.05, 0) is 86.1 Å². The predicted octanol–water partition coefficient (Wildman–Crippen LogP) is 5.37. The highest BCUT2D eigenvalue weighted by Crippen LogP contribution is 2.74. The van der Waals surface area contributed by atoms with Crippen LogP contribution in [0.15, 0.2) is 30.3 Å². The van der Waals surface area contributed by atoms with Crippen LogP contribution in [0.25, 0.3) is 0 Å². The number of benzene rings is 1. The van der Waals surface area contributed by atoms with Gasteiger partial charge < -0.3 is 5.32 Å². The Hall–Kier alpha value is -0.820. The van der Waals surface area contributed by atoms with Gasteiger partial charge in [0, 0.05) is 6.04 Å². The zero-order valence-electron chi connectivity index (χ0n) is 15.4. The lowest BCUT2D eigenvalue weighted by Crippen LogP contribution is -2.59.